The van der Waals surface area contributed by atoms with Crippen LogP contribution in [0.2, 0.25) is 0 Å². The quantitative estimate of drug-likeness (QED) is 0.431. The minimum atomic E-state index is -3.57. The topological polar surface area (TPSA) is 113 Å². The van der Waals surface area contributed by atoms with Crippen molar-refractivity contribution in [3.63, 3.8) is 0 Å². The minimum Gasteiger partial charge on any atom is -0.379 e. The Kier molecular flexibility index (Phi) is 7.40. The lowest BCUT2D eigenvalue weighted by molar-refractivity contribution is -0.116. The third-order valence-corrected chi connectivity index (χ3v) is 7.82. The average Bonchev–Trinajstić information content (AvgIpc) is 3.09. The molecule has 2 aromatic carbocycles. The smallest absolute Gasteiger partial charge is 0.261 e. The third-order valence-electron chi connectivity index (χ3n) is 5.91. The summed E-state index contributed by atoms with van der Waals surface area (Å²) < 4.78 is 31.9. The molecule has 34 heavy (non-hydrogen) atoms. The molecule has 0 spiro atoms. The highest BCUT2D eigenvalue weighted by Gasteiger charge is 2.34. The van der Waals surface area contributed by atoms with Gasteiger partial charge in [-0.25, -0.2) is 8.42 Å². The Morgan fingerprint density at radius 1 is 0.882 bits per heavy atom. The number of carbonyl (C=O) groups excluding carboxylic acids is 3. The lowest BCUT2D eigenvalue weighted by Crippen LogP contribution is -2.40. The monoisotopic (exact) mass is 485 g/mol. The van der Waals surface area contributed by atoms with Crippen molar-refractivity contribution in [2.24, 2.45) is 0 Å². The lowest BCUT2D eigenvalue weighted by atomic mass is 10.1. The summed E-state index contributed by atoms with van der Waals surface area (Å²) in [5.74, 6) is -0.709. The number of carbonyl (C=O) groups is 3. The molecule has 2 aliphatic heterocycles. The summed E-state index contributed by atoms with van der Waals surface area (Å²) in [7, 11) is -3.57. The van der Waals surface area contributed by atoms with E-state index in [-0.39, 0.29) is 29.0 Å². The van der Waals surface area contributed by atoms with Gasteiger partial charge in [-0.05, 0) is 49.2 Å². The average molecular weight is 486 g/mol. The Labute approximate surface area is 198 Å². The SMILES string of the molecule is O=C(CCCCCN1C(=O)c2ccccc2C1=O)Nc1ccc(S(=O)(=O)N2CCOCC2)cc1. The molecule has 2 aliphatic rings. The molecule has 1 N–H and O–H groups in total. The van der Waals surface area contributed by atoms with Crippen molar-refractivity contribution >= 4 is 33.4 Å². The van der Waals surface area contributed by atoms with Gasteiger partial charge in [-0.2, -0.15) is 4.31 Å². The van der Waals surface area contributed by atoms with E-state index in [1.165, 1.54) is 21.3 Å². The number of ether oxygens (including phenoxy) is 1. The molecule has 0 saturated carbocycles. The number of hydrogen-bond donors (Lipinski definition) is 1. The maximum atomic E-state index is 12.7. The van der Waals surface area contributed by atoms with Crippen molar-refractivity contribution in [1.82, 2.24) is 9.21 Å². The Morgan fingerprint density at radius 2 is 1.50 bits per heavy atom. The summed E-state index contributed by atoms with van der Waals surface area (Å²) in [4.78, 5) is 38.4. The number of benzene rings is 2. The molecular formula is C24H27N3O6S. The van der Waals surface area contributed by atoms with Crippen LogP contribution in [-0.4, -0.2) is 68.2 Å². The number of nitrogens with one attached hydrogen (secondary N) is 1. The van der Waals surface area contributed by atoms with E-state index < -0.39 is 10.0 Å². The Hall–Kier alpha value is -3.08. The number of amides is 3. The predicted molar refractivity (Wildman–Crippen MR) is 125 cm³/mol. The molecule has 2 heterocycles. The first-order chi connectivity index (χ1) is 16.4. The van der Waals surface area contributed by atoms with E-state index in [0.29, 0.717) is 68.9 Å². The summed E-state index contributed by atoms with van der Waals surface area (Å²) in [6.07, 6.45) is 2.21. The fourth-order valence-corrected chi connectivity index (χ4v) is 5.45. The maximum absolute atomic E-state index is 12.7. The zero-order valence-electron chi connectivity index (χ0n) is 18.7. The summed E-state index contributed by atoms with van der Waals surface area (Å²) in [6, 6.07) is 12.9. The summed E-state index contributed by atoms with van der Waals surface area (Å²) in [6.45, 7) is 1.74. The standard InChI is InChI=1S/C24H27N3O6S/c28-22(8-2-1-5-13-27-23(29)20-6-3-4-7-21(20)24(27)30)25-18-9-11-19(12-10-18)34(31,32)26-14-16-33-17-15-26/h3-4,6-7,9-12H,1-2,5,8,13-17H2,(H,25,28). The summed E-state index contributed by atoms with van der Waals surface area (Å²) in [5.41, 5.74) is 1.41. The molecule has 1 saturated heterocycles. The van der Waals surface area contributed by atoms with E-state index in [4.69, 9.17) is 4.74 Å². The molecule has 10 heteroatoms. The van der Waals surface area contributed by atoms with Crippen LogP contribution in [0.4, 0.5) is 5.69 Å². The van der Waals surface area contributed by atoms with Crippen LogP contribution < -0.4 is 5.32 Å². The Balaban J connectivity index is 1.19. The van der Waals surface area contributed by atoms with Crippen LogP contribution in [0, 0.1) is 0 Å². The number of rotatable bonds is 9. The van der Waals surface area contributed by atoms with Crippen LogP contribution in [0.3, 0.4) is 0 Å². The van der Waals surface area contributed by atoms with Crippen LogP contribution in [0.15, 0.2) is 53.4 Å². The van der Waals surface area contributed by atoms with E-state index in [9.17, 15) is 22.8 Å². The van der Waals surface area contributed by atoms with Gasteiger partial charge >= 0.3 is 0 Å². The zero-order valence-corrected chi connectivity index (χ0v) is 19.6. The van der Waals surface area contributed by atoms with Gasteiger partial charge < -0.3 is 10.1 Å². The highest BCUT2D eigenvalue weighted by Crippen LogP contribution is 2.23. The zero-order chi connectivity index (χ0) is 24.1. The van der Waals surface area contributed by atoms with Crippen molar-refractivity contribution in [1.29, 1.82) is 0 Å². The molecule has 1 fully saturated rings. The van der Waals surface area contributed by atoms with Crippen molar-refractivity contribution < 1.29 is 27.5 Å². The maximum Gasteiger partial charge on any atom is 0.261 e. The minimum absolute atomic E-state index is 0.176. The number of imide groups is 1. The number of fused-ring (bicyclic) bond motifs is 1. The van der Waals surface area contributed by atoms with E-state index in [1.807, 2.05) is 0 Å². The van der Waals surface area contributed by atoms with Crippen molar-refractivity contribution in [3.05, 3.63) is 59.7 Å². The van der Waals surface area contributed by atoms with Crippen molar-refractivity contribution in [3.8, 4) is 0 Å². The van der Waals surface area contributed by atoms with E-state index in [1.54, 1.807) is 36.4 Å². The fourth-order valence-electron chi connectivity index (χ4n) is 4.04. The molecule has 0 aliphatic carbocycles. The largest absolute Gasteiger partial charge is 0.379 e. The van der Waals surface area contributed by atoms with Crippen LogP contribution >= 0.6 is 0 Å². The van der Waals surface area contributed by atoms with Crippen LogP contribution in [-0.2, 0) is 19.6 Å². The predicted octanol–water partition coefficient (Wildman–Crippen LogP) is 2.50. The second kappa shape index (κ2) is 10.5. The van der Waals surface area contributed by atoms with E-state index in [0.717, 1.165) is 0 Å². The number of nitrogens with zero attached hydrogens (tertiary/aromatic N) is 2. The van der Waals surface area contributed by atoms with Crippen LogP contribution in [0.1, 0.15) is 46.4 Å². The van der Waals surface area contributed by atoms with Crippen LogP contribution in [0.5, 0.6) is 0 Å². The first kappa shape index (κ1) is 24.1. The number of anilines is 1. The van der Waals surface area contributed by atoms with Gasteiger partial charge in [0.05, 0.1) is 29.2 Å². The van der Waals surface area contributed by atoms with Gasteiger partial charge in [0.2, 0.25) is 15.9 Å². The molecule has 3 amide bonds. The van der Waals surface area contributed by atoms with Crippen molar-refractivity contribution in [2.75, 3.05) is 38.2 Å². The summed E-state index contributed by atoms with van der Waals surface area (Å²) >= 11 is 0. The molecule has 0 bridgehead atoms. The first-order valence-electron chi connectivity index (χ1n) is 11.3. The number of sulfonamides is 1. The lowest BCUT2D eigenvalue weighted by Gasteiger charge is -2.26. The molecule has 0 aromatic heterocycles. The molecule has 180 valence electrons. The molecular weight excluding hydrogens is 458 g/mol. The number of morpholine rings is 1. The molecule has 0 atom stereocenters. The third kappa shape index (κ3) is 5.19. The molecule has 4 rings (SSSR count). The number of hydrogen-bond acceptors (Lipinski definition) is 6. The molecule has 0 radical (unpaired) electrons. The first-order valence-corrected chi connectivity index (χ1v) is 12.7. The van der Waals surface area contributed by atoms with Crippen LogP contribution in [0.25, 0.3) is 0 Å². The van der Waals surface area contributed by atoms with Gasteiger partial charge in [-0.15, -0.1) is 0 Å². The second-order valence-electron chi connectivity index (χ2n) is 8.21. The highest BCUT2D eigenvalue weighted by atomic mass is 32.2. The highest BCUT2D eigenvalue weighted by molar-refractivity contribution is 7.89. The molecule has 2 aromatic rings. The van der Waals surface area contributed by atoms with Gasteiger partial charge in [-0.1, -0.05) is 18.6 Å². The number of unbranched alkanes of at least 4 members (excludes halogenated alkanes) is 2. The molecule has 0 unspecified atom stereocenters. The van der Waals surface area contributed by atoms with Gasteiger partial charge in [0.1, 0.15) is 0 Å². The van der Waals surface area contributed by atoms with E-state index in [2.05, 4.69) is 5.32 Å². The van der Waals surface area contributed by atoms with Gasteiger partial charge in [0.25, 0.3) is 11.8 Å². The summed E-state index contributed by atoms with van der Waals surface area (Å²) in [5, 5.41) is 2.77. The van der Waals surface area contributed by atoms with Gasteiger partial charge in [0.15, 0.2) is 0 Å². The Bertz CT molecular complexity index is 1140. The Morgan fingerprint density at radius 3 is 2.12 bits per heavy atom. The fraction of sp³-hybridized carbons (Fsp3) is 0.375. The second-order valence-corrected chi connectivity index (χ2v) is 10.1. The van der Waals surface area contributed by atoms with Gasteiger partial charge in [0, 0.05) is 31.7 Å². The van der Waals surface area contributed by atoms with E-state index >= 15 is 0 Å². The molecule has 9 nitrogen and oxygen atoms in total. The van der Waals surface area contributed by atoms with Crippen molar-refractivity contribution in [2.45, 2.75) is 30.6 Å². The van der Waals surface area contributed by atoms with Gasteiger partial charge in [-0.3, -0.25) is 19.3 Å². The normalized spacial score (nSPS) is 16.5.